The molecule has 2 amide bonds. The summed E-state index contributed by atoms with van der Waals surface area (Å²) in [7, 11) is 1.52. The lowest BCUT2D eigenvalue weighted by Crippen LogP contribution is -2.55. The Morgan fingerprint density at radius 2 is 1.93 bits per heavy atom. The zero-order chi connectivity index (χ0) is 18.9. The molecule has 4 heterocycles. The first-order valence-corrected chi connectivity index (χ1v) is 9.13. The summed E-state index contributed by atoms with van der Waals surface area (Å²) in [5, 5.41) is 4.55. The summed E-state index contributed by atoms with van der Waals surface area (Å²) < 4.78 is 6.95. The minimum Gasteiger partial charge on any atom is -0.375 e. The Bertz CT molecular complexity index is 827. The summed E-state index contributed by atoms with van der Waals surface area (Å²) in [4.78, 5) is 32.7. The Hall–Kier alpha value is -2.74. The second kappa shape index (κ2) is 7.11. The van der Waals surface area contributed by atoms with Crippen molar-refractivity contribution in [2.24, 2.45) is 0 Å². The van der Waals surface area contributed by atoms with E-state index in [-0.39, 0.29) is 24.0 Å². The van der Waals surface area contributed by atoms with E-state index in [2.05, 4.69) is 10.1 Å². The van der Waals surface area contributed by atoms with Crippen molar-refractivity contribution in [1.29, 1.82) is 0 Å². The maximum absolute atomic E-state index is 13.0. The van der Waals surface area contributed by atoms with E-state index in [1.54, 1.807) is 23.5 Å². The molecule has 0 atom stereocenters. The highest BCUT2D eigenvalue weighted by Gasteiger charge is 2.46. The molecule has 2 aliphatic rings. The fourth-order valence-electron chi connectivity index (χ4n) is 4.06. The monoisotopic (exact) mass is 369 g/mol. The number of piperidine rings is 1. The van der Waals surface area contributed by atoms with Gasteiger partial charge in [0.05, 0.1) is 24.7 Å². The van der Waals surface area contributed by atoms with Gasteiger partial charge in [0.15, 0.2) is 0 Å². The largest absolute Gasteiger partial charge is 0.375 e. The van der Waals surface area contributed by atoms with Gasteiger partial charge in [0, 0.05) is 38.7 Å². The molecule has 0 aromatic carbocycles. The summed E-state index contributed by atoms with van der Waals surface area (Å²) in [6, 6.07) is 5.72. The first-order valence-electron chi connectivity index (χ1n) is 9.13. The van der Waals surface area contributed by atoms with Crippen LogP contribution in [0.4, 0.5) is 5.82 Å². The van der Waals surface area contributed by atoms with Crippen LogP contribution in [0.15, 0.2) is 36.8 Å². The van der Waals surface area contributed by atoms with Gasteiger partial charge in [-0.3, -0.25) is 19.5 Å². The Morgan fingerprint density at radius 1 is 1.19 bits per heavy atom. The number of nitrogens with zero attached hydrogens (tertiary/aromatic N) is 5. The van der Waals surface area contributed by atoms with E-state index in [9.17, 15) is 9.59 Å². The SMILES string of the molecule is COCC(=O)N1CCC2(CC1)CC(=O)N(Cc1ccncc1)c1ccnn12. The Kier molecular flexibility index (Phi) is 4.65. The van der Waals surface area contributed by atoms with Crippen molar-refractivity contribution in [2.75, 3.05) is 31.7 Å². The minimum atomic E-state index is -0.353. The molecule has 142 valence electrons. The second-order valence-electron chi connectivity index (χ2n) is 7.15. The van der Waals surface area contributed by atoms with E-state index in [1.807, 2.05) is 27.8 Å². The van der Waals surface area contributed by atoms with Gasteiger partial charge >= 0.3 is 0 Å². The van der Waals surface area contributed by atoms with Crippen molar-refractivity contribution >= 4 is 17.6 Å². The van der Waals surface area contributed by atoms with Gasteiger partial charge in [0.1, 0.15) is 12.4 Å². The van der Waals surface area contributed by atoms with Gasteiger partial charge in [-0.1, -0.05) is 0 Å². The number of rotatable bonds is 4. The third kappa shape index (κ3) is 3.21. The van der Waals surface area contributed by atoms with Crippen LogP contribution < -0.4 is 4.90 Å². The van der Waals surface area contributed by atoms with E-state index in [1.165, 1.54) is 7.11 Å². The molecule has 0 aliphatic carbocycles. The van der Waals surface area contributed by atoms with Crippen molar-refractivity contribution in [3.05, 3.63) is 42.4 Å². The average molecular weight is 369 g/mol. The van der Waals surface area contributed by atoms with E-state index in [0.29, 0.717) is 38.9 Å². The number of hydrogen-bond donors (Lipinski definition) is 0. The molecule has 4 rings (SSSR count). The number of carbonyl (C=O) groups is 2. The van der Waals surface area contributed by atoms with Gasteiger partial charge in [0.2, 0.25) is 11.8 Å². The topological polar surface area (TPSA) is 80.6 Å². The number of carbonyl (C=O) groups excluding carboxylic acids is 2. The van der Waals surface area contributed by atoms with Gasteiger partial charge in [-0.15, -0.1) is 0 Å². The van der Waals surface area contributed by atoms with E-state index < -0.39 is 0 Å². The molecule has 8 heteroatoms. The summed E-state index contributed by atoms with van der Waals surface area (Å²) in [5.41, 5.74) is 0.677. The summed E-state index contributed by atoms with van der Waals surface area (Å²) in [6.45, 7) is 1.82. The molecule has 0 saturated carbocycles. The van der Waals surface area contributed by atoms with Crippen LogP contribution in [0.25, 0.3) is 0 Å². The normalized spacial score (nSPS) is 18.6. The molecule has 1 saturated heterocycles. The number of aromatic nitrogens is 3. The molecule has 0 unspecified atom stereocenters. The average Bonchev–Trinajstić information content (AvgIpc) is 3.18. The van der Waals surface area contributed by atoms with Gasteiger partial charge in [-0.25, -0.2) is 4.68 Å². The summed E-state index contributed by atoms with van der Waals surface area (Å²) in [6.07, 6.45) is 7.04. The van der Waals surface area contributed by atoms with Gasteiger partial charge in [-0.05, 0) is 30.5 Å². The number of ether oxygens (including phenoxy) is 1. The van der Waals surface area contributed by atoms with Crippen molar-refractivity contribution in [3.63, 3.8) is 0 Å². The van der Waals surface area contributed by atoms with Gasteiger partial charge in [0.25, 0.3) is 0 Å². The number of anilines is 1. The number of methoxy groups -OCH3 is 1. The zero-order valence-corrected chi connectivity index (χ0v) is 15.4. The Labute approximate surface area is 157 Å². The van der Waals surface area contributed by atoms with Gasteiger partial charge in [-0.2, -0.15) is 5.10 Å². The highest BCUT2D eigenvalue weighted by atomic mass is 16.5. The lowest BCUT2D eigenvalue weighted by atomic mass is 9.82. The minimum absolute atomic E-state index is 0.00510. The molecule has 1 spiro atoms. The molecule has 1 fully saturated rings. The van der Waals surface area contributed by atoms with Crippen LogP contribution >= 0.6 is 0 Å². The number of hydrogen-bond acceptors (Lipinski definition) is 5. The van der Waals surface area contributed by atoms with Crippen molar-refractivity contribution in [1.82, 2.24) is 19.7 Å². The number of likely N-dealkylation sites (tertiary alicyclic amines) is 1. The maximum atomic E-state index is 13.0. The van der Waals surface area contributed by atoms with Crippen LogP contribution in [-0.4, -0.2) is 58.3 Å². The number of amides is 2. The number of pyridine rings is 1. The number of fused-ring (bicyclic) bond motifs is 2. The molecule has 2 aromatic rings. The van der Waals surface area contributed by atoms with E-state index >= 15 is 0 Å². The predicted molar refractivity (Wildman–Crippen MR) is 97.9 cm³/mol. The standard InChI is InChI=1S/C19H23N5O3/c1-27-14-18(26)22-10-5-19(6-11-22)12-17(25)23(16-4-9-21-24(16)19)13-15-2-7-20-8-3-15/h2-4,7-9H,5-6,10-14H2,1H3. The first-order chi connectivity index (χ1) is 13.1. The van der Waals surface area contributed by atoms with E-state index in [0.717, 1.165) is 11.4 Å². The molecule has 2 aliphatic heterocycles. The van der Waals surface area contributed by atoms with Crippen LogP contribution in [0.5, 0.6) is 0 Å². The van der Waals surface area contributed by atoms with Crippen LogP contribution in [0.3, 0.4) is 0 Å². The second-order valence-corrected chi connectivity index (χ2v) is 7.15. The van der Waals surface area contributed by atoms with Crippen molar-refractivity contribution in [3.8, 4) is 0 Å². The van der Waals surface area contributed by atoms with E-state index in [4.69, 9.17) is 4.74 Å². The van der Waals surface area contributed by atoms with Crippen LogP contribution in [0.2, 0.25) is 0 Å². The van der Waals surface area contributed by atoms with Crippen molar-refractivity contribution < 1.29 is 14.3 Å². The quantitative estimate of drug-likeness (QED) is 0.808. The third-order valence-electron chi connectivity index (χ3n) is 5.53. The van der Waals surface area contributed by atoms with Crippen LogP contribution in [0.1, 0.15) is 24.8 Å². The summed E-state index contributed by atoms with van der Waals surface area (Å²) in [5.74, 6) is 0.908. The fourth-order valence-corrected chi connectivity index (χ4v) is 4.06. The lowest BCUT2D eigenvalue weighted by molar-refractivity contribution is -0.138. The Morgan fingerprint density at radius 3 is 2.63 bits per heavy atom. The molecule has 0 bridgehead atoms. The zero-order valence-electron chi connectivity index (χ0n) is 15.4. The molecular formula is C19H23N5O3. The molecule has 27 heavy (non-hydrogen) atoms. The highest BCUT2D eigenvalue weighted by Crippen LogP contribution is 2.41. The van der Waals surface area contributed by atoms with Crippen LogP contribution in [0, 0.1) is 0 Å². The van der Waals surface area contributed by atoms with Gasteiger partial charge < -0.3 is 9.64 Å². The smallest absolute Gasteiger partial charge is 0.248 e. The third-order valence-corrected chi connectivity index (χ3v) is 5.53. The van der Waals surface area contributed by atoms with Crippen LogP contribution in [-0.2, 0) is 26.4 Å². The lowest BCUT2D eigenvalue weighted by Gasteiger charge is -2.46. The molecule has 8 nitrogen and oxygen atoms in total. The molecule has 0 radical (unpaired) electrons. The molecule has 2 aromatic heterocycles. The fraction of sp³-hybridized carbons (Fsp3) is 0.474. The Balaban J connectivity index is 1.56. The molecule has 0 N–H and O–H groups in total. The predicted octanol–water partition coefficient (Wildman–Crippen LogP) is 1.18. The highest BCUT2D eigenvalue weighted by molar-refractivity contribution is 5.94. The maximum Gasteiger partial charge on any atom is 0.248 e. The van der Waals surface area contributed by atoms with Crippen molar-refractivity contribution in [2.45, 2.75) is 31.3 Å². The summed E-state index contributed by atoms with van der Waals surface area (Å²) >= 11 is 0. The first kappa shape index (κ1) is 17.7. The molecular weight excluding hydrogens is 346 g/mol.